The van der Waals surface area contributed by atoms with Crippen LogP contribution in [-0.4, -0.2) is 144 Å². The van der Waals surface area contributed by atoms with Gasteiger partial charge in [-0.05, 0) is 107 Å². The van der Waals surface area contributed by atoms with Crippen molar-refractivity contribution in [1.29, 1.82) is 5.41 Å². The SMILES string of the molecule is CC(=O)CCC(C(=O)C=N)N1Cc2cc(N3CC[N+]([O-])(CCCCCCCCCCNc4cc(N5CCC6(CC5)CN(c5cc(F)c(CN7CCC(C)(C)CC7)cc5F)CC(=O)N6)ncn4)CC3)ccc2C1=O. The number of likely N-dealkylation sites (tertiary alicyclic amines) is 1. The van der Waals surface area contributed by atoms with Gasteiger partial charge in [0.2, 0.25) is 5.91 Å². The highest BCUT2D eigenvalue weighted by atomic mass is 19.1. The highest BCUT2D eigenvalue weighted by Gasteiger charge is 2.43. The molecule has 0 bridgehead atoms. The number of unbranched alkanes of at least 4 members (excludes halogenated alkanes) is 7. The average molecular weight is 1010 g/mol. The lowest BCUT2D eigenvalue weighted by atomic mass is 9.82. The lowest BCUT2D eigenvalue weighted by Gasteiger charge is -2.49. The summed E-state index contributed by atoms with van der Waals surface area (Å²) in [5.41, 5.74) is 2.53. The number of hydrogen-bond donors (Lipinski definition) is 3. The lowest BCUT2D eigenvalue weighted by Crippen LogP contribution is -2.66. The number of nitrogens with one attached hydrogen (secondary N) is 3. The molecule has 73 heavy (non-hydrogen) atoms. The molecule has 0 radical (unpaired) electrons. The predicted molar refractivity (Wildman–Crippen MR) is 281 cm³/mol. The van der Waals surface area contributed by atoms with Crippen LogP contribution >= 0.6 is 0 Å². The summed E-state index contributed by atoms with van der Waals surface area (Å²) in [5.74, 6) is -0.331. The number of halogens is 2. The molecule has 3 N–H and O–H groups in total. The summed E-state index contributed by atoms with van der Waals surface area (Å²) in [5, 5.41) is 27.8. The first-order valence-corrected chi connectivity index (χ1v) is 26.9. The third-order valence-corrected chi connectivity index (χ3v) is 16.2. The minimum Gasteiger partial charge on any atom is -0.633 e. The van der Waals surface area contributed by atoms with Crippen molar-refractivity contribution in [3.05, 3.63) is 76.3 Å². The number of amides is 2. The Morgan fingerprint density at radius 1 is 0.849 bits per heavy atom. The number of carbonyl (C=O) groups is 4. The van der Waals surface area contributed by atoms with E-state index in [0.29, 0.717) is 82.9 Å². The Hall–Kier alpha value is -5.59. The topological polar surface area (TPSA) is 181 Å². The normalized spacial score (nSPS) is 20.0. The average Bonchev–Trinajstić information content (AvgIpc) is 3.69. The van der Waals surface area contributed by atoms with Crippen LogP contribution in [0.3, 0.4) is 0 Å². The maximum absolute atomic E-state index is 15.7. The molecular formula is C55H77F2N11O5. The molecule has 5 aliphatic rings. The van der Waals surface area contributed by atoms with Crippen LogP contribution in [0.5, 0.6) is 0 Å². The zero-order valence-electron chi connectivity index (χ0n) is 43.4. The lowest BCUT2D eigenvalue weighted by molar-refractivity contribution is -0.881. The van der Waals surface area contributed by atoms with Crippen LogP contribution in [-0.2, 0) is 27.5 Å². The van der Waals surface area contributed by atoms with Gasteiger partial charge in [0.25, 0.3) is 5.91 Å². The van der Waals surface area contributed by atoms with Crippen LogP contribution in [0.15, 0.2) is 42.7 Å². The molecule has 1 unspecified atom stereocenters. The number of fused-ring (bicyclic) bond motifs is 1. The molecule has 396 valence electrons. The molecule has 1 aromatic heterocycles. The fourth-order valence-electron chi connectivity index (χ4n) is 11.5. The van der Waals surface area contributed by atoms with Crippen LogP contribution in [0.4, 0.5) is 31.8 Å². The second-order valence-corrected chi connectivity index (χ2v) is 22.3. The molecule has 18 heteroatoms. The monoisotopic (exact) mass is 1010 g/mol. The van der Waals surface area contributed by atoms with E-state index in [-0.39, 0.29) is 59.3 Å². The minimum absolute atomic E-state index is 0.0167. The van der Waals surface area contributed by atoms with Crippen molar-refractivity contribution >= 4 is 52.6 Å². The van der Waals surface area contributed by atoms with Crippen LogP contribution in [0.2, 0.25) is 0 Å². The van der Waals surface area contributed by atoms with Crippen molar-refractivity contribution in [2.75, 3.05) is 98.6 Å². The number of benzene rings is 2. The smallest absolute Gasteiger partial charge is 0.255 e. The van der Waals surface area contributed by atoms with Crippen molar-refractivity contribution in [2.24, 2.45) is 5.41 Å². The van der Waals surface area contributed by atoms with Crippen molar-refractivity contribution in [3.8, 4) is 0 Å². The van der Waals surface area contributed by atoms with Crippen LogP contribution in [0.25, 0.3) is 0 Å². The molecule has 0 saturated carbocycles. The fraction of sp³-hybridized carbons (Fsp3) is 0.618. The molecule has 6 heterocycles. The summed E-state index contributed by atoms with van der Waals surface area (Å²) < 4.78 is 31.0. The van der Waals surface area contributed by atoms with Crippen LogP contribution in [0, 0.1) is 27.7 Å². The summed E-state index contributed by atoms with van der Waals surface area (Å²) in [6, 6.07) is 9.42. The van der Waals surface area contributed by atoms with Gasteiger partial charge in [0.05, 0.1) is 62.8 Å². The Morgan fingerprint density at radius 3 is 2.25 bits per heavy atom. The molecule has 16 nitrogen and oxygen atoms in total. The Bertz CT molecular complexity index is 2450. The van der Waals surface area contributed by atoms with Crippen molar-refractivity contribution in [3.63, 3.8) is 0 Å². The number of nitrogens with zero attached hydrogens (tertiary/aromatic N) is 8. The Morgan fingerprint density at radius 2 is 1.55 bits per heavy atom. The number of carbonyl (C=O) groups excluding carboxylic acids is 4. The van der Waals surface area contributed by atoms with Crippen molar-refractivity contribution in [1.82, 2.24) is 25.1 Å². The third-order valence-electron chi connectivity index (χ3n) is 16.2. The van der Waals surface area contributed by atoms with Crippen molar-refractivity contribution in [2.45, 2.75) is 135 Å². The molecule has 4 saturated heterocycles. The summed E-state index contributed by atoms with van der Waals surface area (Å²) in [6.07, 6.45) is 14.7. The van der Waals surface area contributed by atoms with E-state index in [9.17, 15) is 24.4 Å². The van der Waals surface area contributed by atoms with Gasteiger partial charge in [-0.25, -0.2) is 18.7 Å². The van der Waals surface area contributed by atoms with E-state index in [1.165, 1.54) is 24.0 Å². The molecular weight excluding hydrogens is 933 g/mol. The number of ketones is 2. The summed E-state index contributed by atoms with van der Waals surface area (Å²) in [7, 11) is 0. The Balaban J connectivity index is 0.685. The maximum atomic E-state index is 15.7. The number of anilines is 4. The largest absolute Gasteiger partial charge is 0.633 e. The maximum Gasteiger partial charge on any atom is 0.255 e. The molecule has 3 aromatic rings. The molecule has 2 amide bonds. The number of hydroxylamine groups is 3. The number of piperidine rings is 2. The first kappa shape index (κ1) is 53.7. The van der Waals surface area contributed by atoms with E-state index in [1.807, 2.05) is 18.2 Å². The number of piperazine rings is 2. The van der Waals surface area contributed by atoms with Gasteiger partial charge in [0.1, 0.15) is 35.4 Å². The molecule has 0 aliphatic carbocycles. The predicted octanol–water partition coefficient (Wildman–Crippen LogP) is 7.63. The van der Waals surface area contributed by atoms with E-state index in [4.69, 9.17) is 5.41 Å². The second kappa shape index (κ2) is 23.7. The van der Waals surface area contributed by atoms with Gasteiger partial charge in [0.15, 0.2) is 5.78 Å². The van der Waals surface area contributed by atoms with Gasteiger partial charge in [-0.1, -0.05) is 46.0 Å². The number of rotatable bonds is 23. The molecule has 5 aliphatic heterocycles. The van der Waals surface area contributed by atoms with E-state index < -0.39 is 29.0 Å². The number of hydrogen-bond acceptors (Lipinski definition) is 13. The quantitative estimate of drug-likeness (QED) is 0.0367. The Kier molecular flexibility index (Phi) is 17.5. The highest BCUT2D eigenvalue weighted by molar-refractivity contribution is 6.29. The van der Waals surface area contributed by atoms with Gasteiger partial charge < -0.3 is 50.3 Å². The molecule has 2 aromatic carbocycles. The highest BCUT2D eigenvalue weighted by Crippen LogP contribution is 2.35. The van der Waals surface area contributed by atoms with Crippen LogP contribution in [0.1, 0.15) is 132 Å². The number of aromatic nitrogens is 2. The fourth-order valence-corrected chi connectivity index (χ4v) is 11.5. The van der Waals surface area contributed by atoms with Gasteiger partial charge >= 0.3 is 0 Å². The van der Waals surface area contributed by atoms with E-state index in [2.05, 4.69) is 49.1 Å². The molecule has 1 spiro atoms. The van der Waals surface area contributed by atoms with E-state index in [1.54, 1.807) is 17.3 Å². The standard InChI is InChI=1S/C55H77F2N11O5/c1-40(69)12-15-47(49(70)34-58)67-36-41-30-43(13-14-44(41)53(67)72)64-25-28-68(73,29-26-64)27-11-9-7-5-4-6-8-10-20-59-50-33-51(61-39-60-50)65-23-18-55(19-24-65)38-66(37-52(71)62-55)48-32-45(56)42(31-46(48)57)35-63-21-16-54(2,3)17-22-63/h13-14,30-34,39,47,58H,4-12,15-29,35-38H2,1-3H3,(H,62,71)(H,59,60,61). The second-order valence-electron chi connectivity index (χ2n) is 22.3. The number of Topliss-reactive ketones (excluding diaryl/α,β-unsaturated/α-hetero) is 2. The molecule has 4 fully saturated rings. The summed E-state index contributed by atoms with van der Waals surface area (Å²) >= 11 is 0. The van der Waals surface area contributed by atoms with E-state index in [0.717, 1.165) is 113 Å². The first-order valence-electron chi connectivity index (χ1n) is 26.9. The Labute approximate surface area is 429 Å². The summed E-state index contributed by atoms with van der Waals surface area (Å²) in [4.78, 5) is 69.3. The summed E-state index contributed by atoms with van der Waals surface area (Å²) in [6.45, 7) is 13.7. The van der Waals surface area contributed by atoms with E-state index >= 15 is 8.78 Å². The minimum atomic E-state index is -0.835. The van der Waals surface area contributed by atoms with Gasteiger partial charge in [-0.3, -0.25) is 19.3 Å². The van der Waals surface area contributed by atoms with Gasteiger partial charge in [-0.2, -0.15) is 0 Å². The zero-order valence-corrected chi connectivity index (χ0v) is 43.4. The third kappa shape index (κ3) is 13.8. The first-order chi connectivity index (χ1) is 35.0. The van der Waals surface area contributed by atoms with Gasteiger partial charge in [0, 0.05) is 74.6 Å². The van der Waals surface area contributed by atoms with Gasteiger partial charge in [-0.15, -0.1) is 0 Å². The number of quaternary nitrogens is 1. The zero-order chi connectivity index (χ0) is 51.8. The van der Waals surface area contributed by atoms with Crippen LogP contribution < -0.4 is 25.3 Å². The molecule has 1 atom stereocenters. The molecule has 8 rings (SSSR count). The van der Waals surface area contributed by atoms with Crippen molar-refractivity contribution < 1.29 is 32.6 Å².